The van der Waals surface area contributed by atoms with Crippen molar-refractivity contribution in [1.82, 2.24) is 4.90 Å². The molecule has 0 atom stereocenters. The van der Waals surface area contributed by atoms with Crippen molar-refractivity contribution in [3.8, 4) is 0 Å². The predicted molar refractivity (Wildman–Crippen MR) is 119 cm³/mol. The smallest absolute Gasteiger partial charge is 0.0636 e. The van der Waals surface area contributed by atoms with Gasteiger partial charge in [0, 0.05) is 19.6 Å². The van der Waals surface area contributed by atoms with Gasteiger partial charge in [0.05, 0.1) is 31.3 Å². The average Bonchev–Trinajstić information content (AvgIpc) is 2.77. The summed E-state index contributed by atoms with van der Waals surface area (Å²) in [5.74, 6) is 0. The van der Waals surface area contributed by atoms with Crippen molar-refractivity contribution in [3.05, 3.63) is 89.5 Å². The van der Waals surface area contributed by atoms with Crippen LogP contribution < -0.4 is 16.4 Å². The largest absolute Gasteiger partial charge is 0.291 e. The second-order valence-electron chi connectivity index (χ2n) is 6.96. The van der Waals surface area contributed by atoms with Crippen LogP contribution >= 0.6 is 0 Å². The van der Waals surface area contributed by atoms with Crippen LogP contribution in [0.1, 0.15) is 16.7 Å². The van der Waals surface area contributed by atoms with Crippen LogP contribution in [-0.4, -0.2) is 24.3 Å². The highest BCUT2D eigenvalue weighted by Gasteiger charge is 2.09. The fourth-order valence-electron chi connectivity index (χ4n) is 3.22. The van der Waals surface area contributed by atoms with Gasteiger partial charge in [-0.1, -0.05) is 36.4 Å². The molecule has 158 valence electrons. The lowest BCUT2D eigenvalue weighted by Crippen LogP contribution is -2.22. The molecule has 30 heavy (non-hydrogen) atoms. The Bertz CT molecular complexity index is 832. The number of hydrogen-bond donors (Lipinski definition) is 4. The third-order valence-corrected chi connectivity index (χ3v) is 4.65. The van der Waals surface area contributed by atoms with Gasteiger partial charge in [-0.05, 0) is 53.1 Å². The lowest BCUT2D eigenvalue weighted by molar-refractivity contribution is 0.247. The SMILES string of the molecule is CONc1ccc(CN(Cc2ccc(NO)cc2)Cc2ccc(NOC)cc2)cc1. The molecule has 0 aliphatic carbocycles. The van der Waals surface area contributed by atoms with Gasteiger partial charge in [-0.25, -0.2) is 0 Å². The molecule has 0 spiro atoms. The van der Waals surface area contributed by atoms with Crippen LogP contribution in [0.4, 0.5) is 17.1 Å². The summed E-state index contributed by atoms with van der Waals surface area (Å²) in [5, 5.41) is 9.03. The van der Waals surface area contributed by atoms with Crippen molar-refractivity contribution in [3.63, 3.8) is 0 Å². The molecule has 0 saturated heterocycles. The van der Waals surface area contributed by atoms with Crippen molar-refractivity contribution in [2.75, 3.05) is 30.7 Å². The first kappa shape index (κ1) is 21.6. The van der Waals surface area contributed by atoms with Crippen LogP contribution in [0.3, 0.4) is 0 Å². The minimum absolute atomic E-state index is 0.674. The van der Waals surface area contributed by atoms with E-state index in [9.17, 15) is 0 Å². The third-order valence-electron chi connectivity index (χ3n) is 4.65. The maximum atomic E-state index is 9.03. The topological polar surface area (TPSA) is 78.0 Å². The Hall–Kier alpha value is -3.10. The summed E-state index contributed by atoms with van der Waals surface area (Å²) in [6, 6.07) is 24.2. The van der Waals surface area contributed by atoms with Gasteiger partial charge >= 0.3 is 0 Å². The monoisotopic (exact) mass is 408 g/mol. The van der Waals surface area contributed by atoms with Gasteiger partial charge < -0.3 is 0 Å². The molecule has 0 heterocycles. The minimum Gasteiger partial charge on any atom is -0.291 e. The van der Waals surface area contributed by atoms with Gasteiger partial charge in [-0.3, -0.25) is 36.2 Å². The highest BCUT2D eigenvalue weighted by Crippen LogP contribution is 2.18. The van der Waals surface area contributed by atoms with Crippen molar-refractivity contribution in [2.24, 2.45) is 0 Å². The van der Waals surface area contributed by atoms with Crippen LogP contribution in [0.25, 0.3) is 0 Å². The molecular formula is C23H28N4O3. The van der Waals surface area contributed by atoms with Gasteiger partial charge in [0.25, 0.3) is 0 Å². The highest BCUT2D eigenvalue weighted by molar-refractivity contribution is 5.44. The molecule has 0 aliphatic heterocycles. The van der Waals surface area contributed by atoms with E-state index in [1.807, 2.05) is 48.5 Å². The number of benzene rings is 3. The second kappa shape index (κ2) is 11.2. The quantitative estimate of drug-likeness (QED) is 0.344. The lowest BCUT2D eigenvalue weighted by atomic mass is 10.1. The Balaban J connectivity index is 1.74. The van der Waals surface area contributed by atoms with Gasteiger partial charge in [0.2, 0.25) is 0 Å². The zero-order valence-electron chi connectivity index (χ0n) is 17.3. The van der Waals surface area contributed by atoms with E-state index < -0.39 is 0 Å². The molecule has 0 amide bonds. The molecule has 4 N–H and O–H groups in total. The molecule has 3 aromatic carbocycles. The molecule has 3 rings (SSSR count). The first-order valence-electron chi connectivity index (χ1n) is 9.67. The predicted octanol–water partition coefficient (Wildman–Crippen LogP) is 4.64. The van der Waals surface area contributed by atoms with E-state index in [-0.39, 0.29) is 0 Å². The Morgan fingerprint density at radius 1 is 0.600 bits per heavy atom. The molecule has 0 saturated carbocycles. The molecule has 0 unspecified atom stereocenters. The van der Waals surface area contributed by atoms with E-state index in [1.165, 1.54) is 16.7 Å². The van der Waals surface area contributed by atoms with Gasteiger partial charge in [0.1, 0.15) is 0 Å². The van der Waals surface area contributed by atoms with Crippen LogP contribution in [0.5, 0.6) is 0 Å². The molecule has 0 bridgehead atoms. The zero-order chi connectivity index (χ0) is 21.2. The van der Waals surface area contributed by atoms with E-state index in [0.29, 0.717) is 5.69 Å². The first-order valence-corrected chi connectivity index (χ1v) is 9.67. The summed E-state index contributed by atoms with van der Waals surface area (Å²) in [4.78, 5) is 12.3. The van der Waals surface area contributed by atoms with Crippen molar-refractivity contribution in [1.29, 1.82) is 0 Å². The number of rotatable bonds is 11. The van der Waals surface area contributed by atoms with Crippen molar-refractivity contribution >= 4 is 17.1 Å². The molecule has 7 nitrogen and oxygen atoms in total. The van der Waals surface area contributed by atoms with Gasteiger partial charge in [0.15, 0.2) is 0 Å². The maximum absolute atomic E-state index is 9.03. The van der Waals surface area contributed by atoms with Crippen LogP contribution in [0.2, 0.25) is 0 Å². The third kappa shape index (κ3) is 6.47. The van der Waals surface area contributed by atoms with E-state index in [4.69, 9.17) is 14.9 Å². The Morgan fingerprint density at radius 2 is 0.933 bits per heavy atom. The number of hydrogen-bond acceptors (Lipinski definition) is 7. The normalized spacial score (nSPS) is 10.8. The molecule has 0 aromatic heterocycles. The second-order valence-corrected chi connectivity index (χ2v) is 6.96. The summed E-state index contributed by atoms with van der Waals surface area (Å²) in [6.07, 6.45) is 0. The van der Waals surface area contributed by atoms with Gasteiger partial charge in [-0.2, -0.15) is 0 Å². The minimum atomic E-state index is 0.674. The first-order chi connectivity index (χ1) is 14.7. The van der Waals surface area contributed by atoms with E-state index in [1.54, 1.807) is 14.2 Å². The lowest BCUT2D eigenvalue weighted by Gasteiger charge is -2.23. The Kier molecular flexibility index (Phi) is 8.05. The van der Waals surface area contributed by atoms with E-state index >= 15 is 0 Å². The molecule has 0 radical (unpaired) electrons. The molecule has 0 fully saturated rings. The summed E-state index contributed by atoms with van der Waals surface area (Å²) in [6.45, 7) is 2.37. The zero-order valence-corrected chi connectivity index (χ0v) is 17.3. The van der Waals surface area contributed by atoms with E-state index in [2.05, 4.69) is 45.6 Å². The number of nitrogens with one attached hydrogen (secondary N) is 3. The van der Waals surface area contributed by atoms with Crippen LogP contribution in [0.15, 0.2) is 72.8 Å². The fourth-order valence-corrected chi connectivity index (χ4v) is 3.22. The average molecular weight is 409 g/mol. The van der Waals surface area contributed by atoms with Crippen molar-refractivity contribution < 1.29 is 14.9 Å². The Labute approximate surface area is 177 Å². The molecule has 0 aliphatic rings. The maximum Gasteiger partial charge on any atom is 0.0636 e. The molecule has 7 heteroatoms. The van der Waals surface area contributed by atoms with E-state index in [0.717, 1.165) is 31.0 Å². The summed E-state index contributed by atoms with van der Waals surface area (Å²) in [5.41, 5.74) is 14.0. The summed E-state index contributed by atoms with van der Waals surface area (Å²) >= 11 is 0. The molecular weight excluding hydrogens is 380 g/mol. The Morgan fingerprint density at radius 3 is 1.23 bits per heavy atom. The van der Waals surface area contributed by atoms with Gasteiger partial charge in [-0.15, -0.1) is 0 Å². The highest BCUT2D eigenvalue weighted by atomic mass is 16.6. The number of anilines is 3. The van der Waals surface area contributed by atoms with Crippen LogP contribution in [-0.2, 0) is 29.3 Å². The fraction of sp³-hybridized carbons (Fsp3) is 0.217. The van der Waals surface area contributed by atoms with Crippen LogP contribution in [0, 0.1) is 0 Å². The summed E-state index contributed by atoms with van der Waals surface area (Å²) in [7, 11) is 3.20. The summed E-state index contributed by atoms with van der Waals surface area (Å²) < 4.78 is 0. The standard InChI is InChI=1S/C23H28N4O3/c1-29-25-22-11-5-19(6-12-22)16-27(15-18-3-9-21(24-28)10-4-18)17-20-7-13-23(14-8-20)26-30-2/h3-14,24-26,28H,15-17H2,1-2H3. The number of nitrogens with zero attached hydrogens (tertiary/aromatic N) is 1. The van der Waals surface area contributed by atoms with Crippen molar-refractivity contribution in [2.45, 2.75) is 19.6 Å². The molecule has 3 aromatic rings.